The zero-order valence-corrected chi connectivity index (χ0v) is 24.0. The Labute approximate surface area is 246 Å². The first-order valence-corrected chi connectivity index (χ1v) is 15.3. The second-order valence-corrected chi connectivity index (χ2v) is 12.3. The molecule has 0 spiro atoms. The Hall–Kier alpha value is -5.02. The third kappa shape index (κ3) is 6.57. The van der Waals surface area contributed by atoms with Gasteiger partial charge in [-0.05, 0) is 89.7 Å². The van der Waals surface area contributed by atoms with Gasteiger partial charge in [-0.3, -0.25) is 9.11 Å². The molecule has 0 aromatic heterocycles. The van der Waals surface area contributed by atoms with Crippen molar-refractivity contribution in [1.82, 2.24) is 0 Å². The lowest BCUT2D eigenvalue weighted by Crippen LogP contribution is -2.00. The first-order valence-electron chi connectivity index (χ1n) is 12.4. The maximum atomic E-state index is 11.9. The molecule has 5 rings (SSSR count). The maximum absolute atomic E-state index is 11.9. The van der Waals surface area contributed by atoms with Crippen molar-refractivity contribution in [3.63, 3.8) is 0 Å². The van der Waals surface area contributed by atoms with Gasteiger partial charge >= 0.3 is 0 Å². The van der Waals surface area contributed by atoms with E-state index in [-0.39, 0.29) is 16.5 Å². The molecule has 0 aliphatic carbocycles. The molecule has 0 saturated heterocycles. The molecule has 0 atom stereocenters. The van der Waals surface area contributed by atoms with Gasteiger partial charge in [-0.1, -0.05) is 30.3 Å². The number of anilines is 1. The van der Waals surface area contributed by atoms with Crippen molar-refractivity contribution in [1.29, 1.82) is 0 Å². The van der Waals surface area contributed by atoms with Gasteiger partial charge in [0, 0.05) is 11.1 Å². The van der Waals surface area contributed by atoms with Crippen molar-refractivity contribution in [2.45, 2.75) is 16.7 Å². The molecule has 14 heteroatoms. The molecule has 12 nitrogen and oxygen atoms in total. The number of rotatable bonds is 7. The van der Waals surface area contributed by atoms with E-state index in [1.807, 2.05) is 37.3 Å². The Morgan fingerprint density at radius 1 is 0.628 bits per heavy atom. The number of aromatic hydroxyl groups is 1. The summed E-state index contributed by atoms with van der Waals surface area (Å²) in [7, 11) is -9.53. The van der Waals surface area contributed by atoms with Gasteiger partial charge < -0.3 is 10.8 Å². The fraction of sp³-hybridized carbons (Fsp3) is 0.0345. The smallest absolute Gasteiger partial charge is 0.298 e. The highest BCUT2D eigenvalue weighted by Gasteiger charge is 2.23. The normalized spacial score (nSPS) is 12.4. The lowest BCUT2D eigenvalue weighted by atomic mass is 10.1. The molecule has 0 fully saturated rings. The summed E-state index contributed by atoms with van der Waals surface area (Å²) >= 11 is 0. The van der Waals surface area contributed by atoms with Gasteiger partial charge in [0.15, 0.2) is 5.75 Å². The van der Waals surface area contributed by atoms with Crippen LogP contribution in [0.25, 0.3) is 21.9 Å². The fourth-order valence-corrected chi connectivity index (χ4v) is 5.31. The predicted octanol–water partition coefficient (Wildman–Crippen LogP) is 7.43. The Morgan fingerprint density at radius 2 is 1.16 bits per heavy atom. The van der Waals surface area contributed by atoms with Crippen LogP contribution in [0, 0.1) is 6.92 Å². The monoisotopic (exact) mass is 617 g/mol. The third-order valence-corrected chi connectivity index (χ3v) is 8.18. The Bertz CT molecular complexity index is 2150. The van der Waals surface area contributed by atoms with Crippen LogP contribution in [-0.4, -0.2) is 31.0 Å². The minimum atomic E-state index is -4.92. The van der Waals surface area contributed by atoms with E-state index in [2.05, 4.69) is 20.5 Å². The summed E-state index contributed by atoms with van der Waals surface area (Å²) in [4.78, 5) is -1.42. The number of fused-ring (bicyclic) bond motifs is 1. The summed E-state index contributed by atoms with van der Waals surface area (Å²) in [5, 5.41) is 27.3. The molecule has 0 bridgehead atoms. The van der Waals surface area contributed by atoms with Crippen LogP contribution in [0.2, 0.25) is 0 Å². The summed E-state index contributed by atoms with van der Waals surface area (Å²) in [6.07, 6.45) is 0. The average Bonchev–Trinajstić information content (AvgIpc) is 2.96. The van der Waals surface area contributed by atoms with Crippen molar-refractivity contribution < 1.29 is 31.0 Å². The van der Waals surface area contributed by atoms with Crippen molar-refractivity contribution >= 4 is 59.4 Å². The average molecular weight is 618 g/mol. The molecule has 5 N–H and O–H groups in total. The number of hydrogen-bond acceptors (Lipinski definition) is 10. The van der Waals surface area contributed by atoms with Gasteiger partial charge in [0.25, 0.3) is 20.2 Å². The third-order valence-electron chi connectivity index (χ3n) is 6.47. The molecule has 0 unspecified atom stereocenters. The van der Waals surface area contributed by atoms with Crippen LogP contribution >= 0.6 is 0 Å². The minimum Gasteiger partial charge on any atom is -0.504 e. The summed E-state index contributed by atoms with van der Waals surface area (Å²) in [5.41, 5.74) is 10.6. The number of benzene rings is 5. The summed E-state index contributed by atoms with van der Waals surface area (Å²) in [6.45, 7) is 1.90. The lowest BCUT2D eigenvalue weighted by molar-refractivity contribution is 0.445. The highest BCUT2D eigenvalue weighted by molar-refractivity contribution is 7.86. The molecule has 43 heavy (non-hydrogen) atoms. The second kappa shape index (κ2) is 11.3. The zero-order chi connectivity index (χ0) is 30.9. The van der Waals surface area contributed by atoms with Gasteiger partial charge in [-0.15, -0.1) is 5.11 Å². The number of phenolic OH excluding ortho intramolecular Hbond substituents is 1. The number of aryl methyl sites for hydroxylation is 1. The van der Waals surface area contributed by atoms with E-state index in [0.29, 0.717) is 22.7 Å². The van der Waals surface area contributed by atoms with E-state index in [1.54, 1.807) is 36.4 Å². The Balaban J connectivity index is 1.40. The van der Waals surface area contributed by atoms with Crippen LogP contribution in [0.4, 0.5) is 28.4 Å². The highest BCUT2D eigenvalue weighted by atomic mass is 32.2. The molecule has 5 aromatic rings. The standard InChI is InChI=1S/C29H23N5O7S2/c1-17-14-23(10-13-26(17)30)33-31-21-6-2-18(3-7-21)19-4-8-22(9-5-19)32-34-28-25-12-11-24(42(36,37)38)15-20(25)16-27(29(28)35)43(39,40)41/h2-16,35H,30H2,1H3,(H,36,37,38)(H,39,40,41). The number of nitrogens with two attached hydrogens (primary N) is 1. The quantitative estimate of drug-likeness (QED) is 0.0819. The largest absolute Gasteiger partial charge is 0.504 e. The first kappa shape index (κ1) is 29.5. The molecule has 0 radical (unpaired) electrons. The van der Waals surface area contributed by atoms with Crippen LogP contribution in [0.15, 0.2) is 121 Å². The van der Waals surface area contributed by atoms with Crippen LogP contribution in [0.1, 0.15) is 5.56 Å². The molecule has 5 aromatic carbocycles. The number of nitrogens with zero attached hydrogens (tertiary/aromatic N) is 4. The number of nitrogen functional groups attached to an aromatic ring is 1. The SMILES string of the molecule is Cc1cc(N=Nc2ccc(-c3ccc(N=Nc4c(O)c(S(=O)(=O)O)cc5cc(S(=O)(=O)O)ccc45)cc3)cc2)ccc1N. The van der Waals surface area contributed by atoms with Crippen LogP contribution in [0.5, 0.6) is 5.75 Å². The van der Waals surface area contributed by atoms with Gasteiger partial charge in [0.05, 0.1) is 22.0 Å². The van der Waals surface area contributed by atoms with Crippen LogP contribution < -0.4 is 5.73 Å². The van der Waals surface area contributed by atoms with Gasteiger partial charge in [-0.2, -0.15) is 32.2 Å². The van der Waals surface area contributed by atoms with E-state index in [4.69, 9.17) is 5.73 Å². The minimum absolute atomic E-state index is 0.0311. The van der Waals surface area contributed by atoms with Gasteiger partial charge in [-0.25, -0.2) is 0 Å². The highest BCUT2D eigenvalue weighted by Crippen LogP contribution is 2.42. The van der Waals surface area contributed by atoms with Gasteiger partial charge in [0.2, 0.25) is 0 Å². The van der Waals surface area contributed by atoms with E-state index in [9.17, 15) is 31.0 Å². The predicted molar refractivity (Wildman–Crippen MR) is 161 cm³/mol. The van der Waals surface area contributed by atoms with Crippen molar-refractivity contribution in [3.05, 3.63) is 96.6 Å². The van der Waals surface area contributed by atoms with E-state index in [1.165, 1.54) is 6.07 Å². The van der Waals surface area contributed by atoms with E-state index >= 15 is 0 Å². The van der Waals surface area contributed by atoms with Crippen molar-refractivity contribution in [2.75, 3.05) is 5.73 Å². The number of hydrogen-bond donors (Lipinski definition) is 4. The summed E-state index contributed by atoms with van der Waals surface area (Å²) in [6, 6.07) is 23.8. The second-order valence-electron chi connectivity index (χ2n) is 9.44. The molecular weight excluding hydrogens is 594 g/mol. The lowest BCUT2D eigenvalue weighted by Gasteiger charge is -2.09. The zero-order valence-electron chi connectivity index (χ0n) is 22.3. The van der Waals surface area contributed by atoms with Crippen molar-refractivity contribution in [3.8, 4) is 16.9 Å². The topological polar surface area (TPSA) is 204 Å². The molecule has 0 heterocycles. The van der Waals surface area contributed by atoms with Crippen molar-refractivity contribution in [2.24, 2.45) is 20.5 Å². The first-order chi connectivity index (χ1) is 20.3. The fourth-order valence-electron chi connectivity index (χ4n) is 4.17. The van der Waals surface area contributed by atoms with Crippen LogP contribution in [-0.2, 0) is 20.2 Å². The maximum Gasteiger partial charge on any atom is 0.298 e. The summed E-state index contributed by atoms with van der Waals surface area (Å²) < 4.78 is 65.8. The molecular formula is C29H23N5O7S2. The number of azo groups is 2. The van der Waals surface area contributed by atoms with Crippen LogP contribution in [0.3, 0.4) is 0 Å². The number of phenols is 1. The van der Waals surface area contributed by atoms with E-state index in [0.717, 1.165) is 34.9 Å². The van der Waals surface area contributed by atoms with E-state index < -0.39 is 35.8 Å². The molecule has 0 aliphatic heterocycles. The molecule has 0 amide bonds. The summed E-state index contributed by atoms with van der Waals surface area (Å²) in [5.74, 6) is -0.876. The molecule has 0 aliphatic rings. The molecule has 0 saturated carbocycles. The molecule has 218 valence electrons. The Morgan fingerprint density at radius 3 is 1.70 bits per heavy atom. The van der Waals surface area contributed by atoms with Gasteiger partial charge in [0.1, 0.15) is 10.6 Å². The Kier molecular flexibility index (Phi) is 7.77.